The Labute approximate surface area is 175 Å². The van der Waals surface area contributed by atoms with Gasteiger partial charge >= 0.3 is 6.18 Å². The molecule has 0 spiro atoms. The lowest BCUT2D eigenvalue weighted by atomic mass is 10.0. The van der Waals surface area contributed by atoms with Crippen LogP contribution in [0, 0.1) is 17.1 Å². The molecule has 0 aliphatic carbocycles. The van der Waals surface area contributed by atoms with E-state index in [1.165, 1.54) is 30.3 Å². The van der Waals surface area contributed by atoms with Crippen LogP contribution in [0.4, 0.5) is 17.6 Å². The van der Waals surface area contributed by atoms with Gasteiger partial charge in [-0.05, 0) is 48.9 Å². The van der Waals surface area contributed by atoms with Gasteiger partial charge in [0.2, 0.25) is 0 Å². The molecule has 4 nitrogen and oxygen atoms in total. The molecule has 2 heterocycles. The summed E-state index contributed by atoms with van der Waals surface area (Å²) in [5.74, 6) is 0.0648. The first-order valence-electron chi connectivity index (χ1n) is 9.65. The number of rotatable bonds is 5. The Morgan fingerprint density at radius 3 is 2.48 bits per heavy atom. The van der Waals surface area contributed by atoms with E-state index in [0.29, 0.717) is 34.6 Å². The molecule has 0 fully saturated rings. The summed E-state index contributed by atoms with van der Waals surface area (Å²) >= 11 is 0. The zero-order valence-electron chi connectivity index (χ0n) is 16.5. The first-order valence-corrected chi connectivity index (χ1v) is 9.65. The largest absolute Gasteiger partial charge is 0.418 e. The minimum atomic E-state index is -4.65. The van der Waals surface area contributed by atoms with Crippen LogP contribution in [0.2, 0.25) is 0 Å². The Bertz CT molecular complexity index is 1280. The van der Waals surface area contributed by atoms with E-state index in [1.54, 1.807) is 28.8 Å². The minimum Gasteiger partial charge on any atom is -0.356 e. The summed E-state index contributed by atoms with van der Waals surface area (Å²) in [6, 6.07) is 13.3. The SMILES string of the molecule is CCCc1cc2c(C(F)(F)F)c(C#N)ccc2n1Cc1cc(-c2ccc(F)cc2)on1. The molecule has 0 aliphatic rings. The Balaban J connectivity index is 1.80. The number of nitrogens with zero attached hydrogens (tertiary/aromatic N) is 3. The van der Waals surface area contributed by atoms with Gasteiger partial charge in [0, 0.05) is 28.2 Å². The molecule has 0 bridgehead atoms. The van der Waals surface area contributed by atoms with Crippen LogP contribution < -0.4 is 0 Å². The predicted molar refractivity (Wildman–Crippen MR) is 107 cm³/mol. The molecule has 4 aromatic rings. The van der Waals surface area contributed by atoms with E-state index >= 15 is 0 Å². The average Bonchev–Trinajstić information content (AvgIpc) is 3.33. The van der Waals surface area contributed by atoms with E-state index in [0.717, 1.165) is 6.42 Å². The van der Waals surface area contributed by atoms with Gasteiger partial charge in [-0.3, -0.25) is 0 Å². The summed E-state index contributed by atoms with van der Waals surface area (Å²) < 4.78 is 61.4. The number of nitriles is 1. The molecule has 8 heteroatoms. The third-order valence-corrected chi connectivity index (χ3v) is 5.09. The van der Waals surface area contributed by atoms with Crippen molar-refractivity contribution in [1.82, 2.24) is 9.72 Å². The van der Waals surface area contributed by atoms with E-state index in [4.69, 9.17) is 4.52 Å². The summed E-state index contributed by atoms with van der Waals surface area (Å²) in [6.45, 7) is 2.14. The highest BCUT2D eigenvalue weighted by Gasteiger charge is 2.36. The Morgan fingerprint density at radius 1 is 1.10 bits per heavy atom. The number of aromatic nitrogens is 2. The zero-order chi connectivity index (χ0) is 22.2. The highest BCUT2D eigenvalue weighted by molar-refractivity contribution is 5.87. The predicted octanol–water partition coefficient (Wildman–Crippen LogP) is 6.33. The van der Waals surface area contributed by atoms with Gasteiger partial charge in [-0.15, -0.1) is 0 Å². The molecule has 0 radical (unpaired) electrons. The van der Waals surface area contributed by atoms with Crippen LogP contribution in [-0.4, -0.2) is 9.72 Å². The summed E-state index contributed by atoms with van der Waals surface area (Å²) in [5.41, 5.74) is 0.929. The summed E-state index contributed by atoms with van der Waals surface area (Å²) in [6.07, 6.45) is -3.34. The van der Waals surface area contributed by atoms with E-state index in [1.807, 2.05) is 6.92 Å². The van der Waals surface area contributed by atoms with Crippen LogP contribution in [0.15, 0.2) is 53.1 Å². The van der Waals surface area contributed by atoms with Crippen molar-refractivity contribution in [3.63, 3.8) is 0 Å². The van der Waals surface area contributed by atoms with Crippen LogP contribution in [0.3, 0.4) is 0 Å². The third kappa shape index (κ3) is 3.91. The molecular weight excluding hydrogens is 410 g/mol. The van der Waals surface area contributed by atoms with Gasteiger partial charge in [0.15, 0.2) is 5.76 Å². The van der Waals surface area contributed by atoms with E-state index < -0.39 is 17.3 Å². The maximum absolute atomic E-state index is 13.7. The van der Waals surface area contributed by atoms with Crippen molar-refractivity contribution < 1.29 is 22.1 Å². The van der Waals surface area contributed by atoms with E-state index in [9.17, 15) is 22.8 Å². The molecule has 2 aromatic heterocycles. The molecule has 158 valence electrons. The summed E-state index contributed by atoms with van der Waals surface area (Å²) in [4.78, 5) is 0. The van der Waals surface area contributed by atoms with Crippen molar-refractivity contribution in [2.75, 3.05) is 0 Å². The van der Waals surface area contributed by atoms with Crippen LogP contribution in [-0.2, 0) is 19.1 Å². The van der Waals surface area contributed by atoms with Crippen molar-refractivity contribution >= 4 is 10.9 Å². The van der Waals surface area contributed by atoms with E-state index in [2.05, 4.69) is 5.16 Å². The topological polar surface area (TPSA) is 54.8 Å². The van der Waals surface area contributed by atoms with Gasteiger partial charge in [0.25, 0.3) is 0 Å². The number of halogens is 4. The molecule has 2 aromatic carbocycles. The zero-order valence-corrected chi connectivity index (χ0v) is 16.5. The standard InChI is InChI=1S/C23H17F4N3O/c1-2-3-18-11-19-20(9-6-15(12-28)22(19)23(25,26)27)30(18)13-17-10-21(31-29-17)14-4-7-16(24)8-5-14/h4-11H,2-3,13H2,1H3. The molecule has 0 aliphatic heterocycles. The van der Waals surface area contributed by atoms with Gasteiger partial charge in [0.05, 0.1) is 23.7 Å². The normalized spacial score (nSPS) is 11.7. The second-order valence-electron chi connectivity index (χ2n) is 7.19. The molecule has 0 atom stereocenters. The number of hydrogen-bond acceptors (Lipinski definition) is 3. The smallest absolute Gasteiger partial charge is 0.356 e. The molecule has 0 saturated heterocycles. The molecule has 0 saturated carbocycles. The van der Waals surface area contributed by atoms with Crippen LogP contribution >= 0.6 is 0 Å². The average molecular weight is 427 g/mol. The monoisotopic (exact) mass is 427 g/mol. The van der Waals surface area contributed by atoms with Gasteiger partial charge in [-0.2, -0.15) is 18.4 Å². The lowest BCUT2D eigenvalue weighted by molar-refractivity contribution is -0.136. The third-order valence-electron chi connectivity index (χ3n) is 5.09. The lowest BCUT2D eigenvalue weighted by Gasteiger charge is -2.12. The molecule has 0 unspecified atom stereocenters. The van der Waals surface area contributed by atoms with E-state index in [-0.39, 0.29) is 17.7 Å². The van der Waals surface area contributed by atoms with Gasteiger partial charge < -0.3 is 9.09 Å². The molecule has 31 heavy (non-hydrogen) atoms. The molecule has 0 N–H and O–H groups in total. The molecule has 0 amide bonds. The van der Waals surface area contributed by atoms with Crippen LogP contribution in [0.25, 0.3) is 22.2 Å². The summed E-state index contributed by atoms with van der Waals surface area (Å²) in [5, 5.41) is 13.2. The summed E-state index contributed by atoms with van der Waals surface area (Å²) in [7, 11) is 0. The van der Waals surface area contributed by atoms with Crippen molar-refractivity contribution in [1.29, 1.82) is 5.26 Å². The fraction of sp³-hybridized carbons (Fsp3) is 0.217. The molecular formula is C23H17F4N3O. The lowest BCUT2D eigenvalue weighted by Crippen LogP contribution is -2.09. The van der Waals surface area contributed by atoms with Crippen molar-refractivity contribution in [3.8, 4) is 17.4 Å². The molecule has 4 rings (SSSR count). The van der Waals surface area contributed by atoms with Crippen molar-refractivity contribution in [2.45, 2.75) is 32.5 Å². The fourth-order valence-corrected chi connectivity index (χ4v) is 3.74. The quantitative estimate of drug-likeness (QED) is 0.350. The second kappa shape index (κ2) is 7.91. The maximum atomic E-state index is 13.7. The first kappa shape index (κ1) is 20.7. The number of aryl methyl sites for hydroxylation is 1. The maximum Gasteiger partial charge on any atom is 0.418 e. The highest BCUT2D eigenvalue weighted by Crippen LogP contribution is 2.39. The van der Waals surface area contributed by atoms with Crippen molar-refractivity contribution in [2.24, 2.45) is 0 Å². The first-order chi connectivity index (χ1) is 14.8. The Morgan fingerprint density at radius 2 is 1.84 bits per heavy atom. The number of hydrogen-bond donors (Lipinski definition) is 0. The van der Waals surface area contributed by atoms with Crippen LogP contribution in [0.1, 0.15) is 35.9 Å². The number of benzene rings is 2. The van der Waals surface area contributed by atoms with Gasteiger partial charge in [0.1, 0.15) is 11.5 Å². The Hall–Kier alpha value is -3.60. The Kier molecular flexibility index (Phi) is 5.27. The highest BCUT2D eigenvalue weighted by atomic mass is 19.4. The number of alkyl halides is 3. The second-order valence-corrected chi connectivity index (χ2v) is 7.19. The van der Waals surface area contributed by atoms with Crippen LogP contribution in [0.5, 0.6) is 0 Å². The van der Waals surface area contributed by atoms with Gasteiger partial charge in [-0.25, -0.2) is 4.39 Å². The fourth-order valence-electron chi connectivity index (χ4n) is 3.74. The minimum absolute atomic E-state index is 0.00254. The number of fused-ring (bicyclic) bond motifs is 1. The van der Waals surface area contributed by atoms with Gasteiger partial charge in [-0.1, -0.05) is 18.5 Å². The van der Waals surface area contributed by atoms with Crippen molar-refractivity contribution in [3.05, 3.63) is 76.9 Å².